The first-order chi connectivity index (χ1) is 10.7. The molecule has 0 unspecified atom stereocenters. The summed E-state index contributed by atoms with van der Waals surface area (Å²) in [6.45, 7) is 2.68. The third kappa shape index (κ3) is 2.85. The fraction of sp³-hybridized carbons (Fsp3) is 0.412. The maximum absolute atomic E-state index is 6.29. The molecule has 5 heteroatoms. The summed E-state index contributed by atoms with van der Waals surface area (Å²) < 4.78 is 0. The van der Waals surface area contributed by atoms with Crippen molar-refractivity contribution in [2.75, 3.05) is 6.54 Å². The normalized spacial score (nSPS) is 18.3. The van der Waals surface area contributed by atoms with E-state index in [4.69, 9.17) is 28.2 Å². The number of rotatable bonds is 3. The summed E-state index contributed by atoms with van der Waals surface area (Å²) >= 11 is 12.4. The number of hydrogen-bond donors (Lipinski definition) is 0. The fourth-order valence-corrected chi connectivity index (χ4v) is 3.35. The predicted molar refractivity (Wildman–Crippen MR) is 88.3 cm³/mol. The Morgan fingerprint density at radius 2 is 2.09 bits per heavy atom. The van der Waals surface area contributed by atoms with Crippen LogP contribution in [0.25, 0.3) is 0 Å². The zero-order valence-electron chi connectivity index (χ0n) is 12.2. The molecule has 2 aliphatic rings. The minimum Gasteiger partial charge on any atom is -0.294 e. The number of nitrogens with zero attached hydrogens (tertiary/aromatic N) is 3. The van der Waals surface area contributed by atoms with Crippen LogP contribution in [0.1, 0.15) is 41.4 Å². The molecule has 1 saturated carbocycles. The Kier molecular flexibility index (Phi) is 3.81. The third-order valence-corrected chi connectivity index (χ3v) is 5.26. The summed E-state index contributed by atoms with van der Waals surface area (Å²) in [7, 11) is 0. The van der Waals surface area contributed by atoms with Gasteiger partial charge in [-0.15, -0.1) is 0 Å². The second-order valence-electron chi connectivity index (χ2n) is 6.15. The predicted octanol–water partition coefficient (Wildman–Crippen LogP) is 4.22. The van der Waals surface area contributed by atoms with Crippen molar-refractivity contribution in [3.8, 4) is 0 Å². The highest BCUT2D eigenvalue weighted by molar-refractivity contribution is 6.42. The number of aromatic nitrogens is 2. The van der Waals surface area contributed by atoms with E-state index in [2.05, 4.69) is 9.88 Å². The van der Waals surface area contributed by atoms with Crippen LogP contribution >= 0.6 is 23.2 Å². The lowest BCUT2D eigenvalue weighted by Crippen LogP contribution is -2.31. The van der Waals surface area contributed by atoms with E-state index in [1.54, 1.807) is 0 Å². The zero-order valence-corrected chi connectivity index (χ0v) is 13.7. The zero-order chi connectivity index (χ0) is 15.1. The van der Waals surface area contributed by atoms with E-state index in [1.807, 2.05) is 24.4 Å². The molecule has 3 nitrogen and oxygen atoms in total. The van der Waals surface area contributed by atoms with Crippen molar-refractivity contribution >= 4 is 23.2 Å². The quantitative estimate of drug-likeness (QED) is 0.842. The monoisotopic (exact) mass is 333 g/mol. The van der Waals surface area contributed by atoms with Gasteiger partial charge in [-0.1, -0.05) is 35.3 Å². The molecule has 114 valence electrons. The highest BCUT2D eigenvalue weighted by Crippen LogP contribution is 2.38. The molecule has 0 radical (unpaired) electrons. The molecule has 0 N–H and O–H groups in total. The van der Waals surface area contributed by atoms with Crippen LogP contribution in [0.3, 0.4) is 0 Å². The van der Waals surface area contributed by atoms with Crippen LogP contribution in [0.15, 0.2) is 24.4 Å². The second kappa shape index (κ2) is 5.80. The lowest BCUT2D eigenvalue weighted by atomic mass is 10.1. The Bertz CT molecular complexity index is 713. The van der Waals surface area contributed by atoms with Crippen LogP contribution in [0, 0.1) is 0 Å². The van der Waals surface area contributed by atoms with Gasteiger partial charge in [0.25, 0.3) is 0 Å². The second-order valence-corrected chi connectivity index (χ2v) is 6.93. The molecule has 4 rings (SSSR count). The average molecular weight is 334 g/mol. The molecule has 2 aromatic rings. The van der Waals surface area contributed by atoms with Gasteiger partial charge in [-0.05, 0) is 24.5 Å². The topological polar surface area (TPSA) is 29.0 Å². The van der Waals surface area contributed by atoms with E-state index < -0.39 is 0 Å². The van der Waals surface area contributed by atoms with Crippen LogP contribution in [-0.2, 0) is 19.5 Å². The van der Waals surface area contributed by atoms with Gasteiger partial charge >= 0.3 is 0 Å². The van der Waals surface area contributed by atoms with Gasteiger partial charge in [0, 0.05) is 49.4 Å². The van der Waals surface area contributed by atoms with Gasteiger partial charge < -0.3 is 0 Å². The molecular weight excluding hydrogens is 317 g/mol. The summed E-state index contributed by atoms with van der Waals surface area (Å²) in [4.78, 5) is 11.7. The molecule has 0 saturated heterocycles. The Morgan fingerprint density at radius 3 is 2.91 bits per heavy atom. The average Bonchev–Trinajstić information content (AvgIpc) is 3.36. The van der Waals surface area contributed by atoms with Crippen LogP contribution in [0.2, 0.25) is 10.0 Å². The Morgan fingerprint density at radius 1 is 1.23 bits per heavy atom. The maximum Gasteiger partial charge on any atom is 0.131 e. The number of halogens is 2. The summed E-state index contributed by atoms with van der Waals surface area (Å²) in [5.74, 6) is 1.67. The Balaban J connectivity index is 1.51. The van der Waals surface area contributed by atoms with Gasteiger partial charge in [0.2, 0.25) is 0 Å². The standard InChI is InChI=1S/C17H17Cl2N3/c18-14-3-1-2-12(16(14)19)9-22-7-6-15-13(10-22)8-20-17(21-15)11-4-5-11/h1-3,8,11H,4-7,9-10H2. The van der Waals surface area contributed by atoms with Crippen molar-refractivity contribution in [2.24, 2.45) is 0 Å². The van der Waals surface area contributed by atoms with E-state index in [9.17, 15) is 0 Å². The van der Waals surface area contributed by atoms with E-state index in [1.165, 1.54) is 24.1 Å². The lowest BCUT2D eigenvalue weighted by Gasteiger charge is -2.28. The summed E-state index contributed by atoms with van der Waals surface area (Å²) in [5, 5.41) is 1.28. The van der Waals surface area contributed by atoms with Gasteiger partial charge in [-0.3, -0.25) is 4.90 Å². The molecular formula is C17H17Cl2N3. The van der Waals surface area contributed by atoms with Gasteiger partial charge in [0.15, 0.2) is 0 Å². The molecule has 1 aromatic heterocycles. The van der Waals surface area contributed by atoms with Crippen molar-refractivity contribution in [3.05, 3.63) is 57.1 Å². The first kappa shape index (κ1) is 14.4. The molecule has 2 heterocycles. The van der Waals surface area contributed by atoms with Gasteiger partial charge in [0.1, 0.15) is 5.82 Å². The van der Waals surface area contributed by atoms with Crippen molar-refractivity contribution in [1.29, 1.82) is 0 Å². The van der Waals surface area contributed by atoms with Crippen molar-refractivity contribution < 1.29 is 0 Å². The Hall–Kier alpha value is -1.16. The van der Waals surface area contributed by atoms with E-state index in [-0.39, 0.29) is 0 Å². The molecule has 1 aliphatic heterocycles. The fourth-order valence-electron chi connectivity index (χ4n) is 2.97. The van der Waals surface area contributed by atoms with E-state index in [0.29, 0.717) is 16.0 Å². The largest absolute Gasteiger partial charge is 0.294 e. The SMILES string of the molecule is Clc1cccc(CN2CCc3nc(C4CC4)ncc3C2)c1Cl. The highest BCUT2D eigenvalue weighted by Gasteiger charge is 2.28. The molecule has 1 aliphatic carbocycles. The molecule has 1 aromatic carbocycles. The molecule has 0 spiro atoms. The minimum absolute atomic E-state index is 0.619. The molecule has 1 fully saturated rings. The molecule has 0 amide bonds. The highest BCUT2D eigenvalue weighted by atomic mass is 35.5. The lowest BCUT2D eigenvalue weighted by molar-refractivity contribution is 0.242. The van der Waals surface area contributed by atoms with Crippen LogP contribution in [0.4, 0.5) is 0 Å². The molecule has 22 heavy (non-hydrogen) atoms. The summed E-state index contributed by atoms with van der Waals surface area (Å²) in [5.41, 5.74) is 3.55. The molecule has 0 bridgehead atoms. The first-order valence-corrected chi connectivity index (χ1v) is 8.46. The van der Waals surface area contributed by atoms with Crippen molar-refractivity contribution in [2.45, 2.75) is 38.3 Å². The maximum atomic E-state index is 6.29. The molecule has 0 atom stereocenters. The van der Waals surface area contributed by atoms with Crippen LogP contribution < -0.4 is 0 Å². The van der Waals surface area contributed by atoms with Gasteiger partial charge in [-0.2, -0.15) is 0 Å². The van der Waals surface area contributed by atoms with Crippen LogP contribution in [-0.4, -0.2) is 21.4 Å². The third-order valence-electron chi connectivity index (χ3n) is 4.40. The summed E-state index contributed by atoms with van der Waals surface area (Å²) in [6.07, 6.45) is 5.49. The number of hydrogen-bond acceptors (Lipinski definition) is 3. The van der Waals surface area contributed by atoms with Crippen LogP contribution in [0.5, 0.6) is 0 Å². The number of benzene rings is 1. The van der Waals surface area contributed by atoms with Gasteiger partial charge in [-0.25, -0.2) is 9.97 Å². The van der Waals surface area contributed by atoms with Crippen molar-refractivity contribution in [1.82, 2.24) is 14.9 Å². The smallest absolute Gasteiger partial charge is 0.131 e. The first-order valence-electron chi connectivity index (χ1n) is 7.70. The van der Waals surface area contributed by atoms with Gasteiger partial charge in [0.05, 0.1) is 10.0 Å². The number of fused-ring (bicyclic) bond motifs is 1. The summed E-state index contributed by atoms with van der Waals surface area (Å²) in [6, 6.07) is 5.81. The Labute approximate surface area is 140 Å². The van der Waals surface area contributed by atoms with E-state index in [0.717, 1.165) is 37.4 Å². The minimum atomic E-state index is 0.619. The van der Waals surface area contributed by atoms with Crippen molar-refractivity contribution in [3.63, 3.8) is 0 Å². The van der Waals surface area contributed by atoms with E-state index >= 15 is 0 Å².